The van der Waals surface area contributed by atoms with Gasteiger partial charge in [0.25, 0.3) is 0 Å². The summed E-state index contributed by atoms with van der Waals surface area (Å²) in [5.41, 5.74) is 2.23. The number of hydrogen-bond acceptors (Lipinski definition) is 4. The van der Waals surface area contributed by atoms with Crippen molar-refractivity contribution in [2.24, 2.45) is 0 Å². The van der Waals surface area contributed by atoms with Crippen molar-refractivity contribution in [3.8, 4) is 0 Å². The van der Waals surface area contributed by atoms with E-state index in [-0.39, 0.29) is 6.04 Å². The number of fused-ring (bicyclic) bond motifs is 1. The van der Waals surface area contributed by atoms with Crippen molar-refractivity contribution < 1.29 is 13.2 Å². The van der Waals surface area contributed by atoms with Crippen LogP contribution in [0.5, 0.6) is 0 Å². The van der Waals surface area contributed by atoms with Crippen molar-refractivity contribution in [3.63, 3.8) is 0 Å². The molecule has 0 saturated carbocycles. The van der Waals surface area contributed by atoms with E-state index in [1.165, 1.54) is 5.56 Å². The van der Waals surface area contributed by atoms with Crippen LogP contribution in [0, 0.1) is 0 Å². The number of hydrogen-bond donors (Lipinski definition) is 2. The Morgan fingerprint density at radius 3 is 2.79 bits per heavy atom. The van der Waals surface area contributed by atoms with E-state index >= 15 is 0 Å². The molecule has 0 amide bonds. The number of ether oxygens (including phenoxy) is 1. The van der Waals surface area contributed by atoms with Crippen molar-refractivity contribution in [2.45, 2.75) is 37.4 Å². The fourth-order valence-corrected chi connectivity index (χ4v) is 3.52. The molecule has 1 atom stereocenters. The van der Waals surface area contributed by atoms with Gasteiger partial charge >= 0.3 is 0 Å². The summed E-state index contributed by atoms with van der Waals surface area (Å²) in [7, 11) is -1.91. The van der Waals surface area contributed by atoms with Crippen molar-refractivity contribution in [1.29, 1.82) is 0 Å². The minimum atomic E-state index is -3.47. The molecule has 0 spiro atoms. The van der Waals surface area contributed by atoms with Crippen LogP contribution in [-0.4, -0.2) is 28.2 Å². The molecule has 1 heterocycles. The Bertz CT molecular complexity index is 543. The van der Waals surface area contributed by atoms with Gasteiger partial charge in [0.05, 0.1) is 11.5 Å². The van der Waals surface area contributed by atoms with E-state index in [0.29, 0.717) is 17.9 Å². The summed E-state index contributed by atoms with van der Waals surface area (Å²) < 4.78 is 32.3. The van der Waals surface area contributed by atoms with Crippen LogP contribution >= 0.6 is 0 Å². The molecule has 1 aromatic rings. The molecule has 0 fully saturated rings. The second-order valence-electron chi connectivity index (χ2n) is 4.72. The maximum absolute atomic E-state index is 12.3. The summed E-state index contributed by atoms with van der Waals surface area (Å²) in [6.07, 6.45) is 0.694. The third-order valence-electron chi connectivity index (χ3n) is 3.30. The topological polar surface area (TPSA) is 67.4 Å². The van der Waals surface area contributed by atoms with E-state index in [0.717, 1.165) is 18.7 Å². The lowest BCUT2D eigenvalue weighted by Gasteiger charge is -2.16. The van der Waals surface area contributed by atoms with Gasteiger partial charge in [-0.25, -0.2) is 13.1 Å². The Kier molecular flexibility index (Phi) is 4.57. The van der Waals surface area contributed by atoms with Gasteiger partial charge in [0.1, 0.15) is 0 Å². The highest BCUT2D eigenvalue weighted by Gasteiger charge is 2.21. The zero-order valence-corrected chi connectivity index (χ0v) is 12.1. The molecule has 5 nitrogen and oxygen atoms in total. The Labute approximate surface area is 114 Å². The summed E-state index contributed by atoms with van der Waals surface area (Å²) in [6.45, 7) is 3.85. The van der Waals surface area contributed by atoms with Crippen LogP contribution < -0.4 is 10.0 Å². The number of methoxy groups -OCH3 is 1. The Balaban J connectivity index is 2.19. The van der Waals surface area contributed by atoms with Gasteiger partial charge in [-0.1, -0.05) is 13.0 Å². The van der Waals surface area contributed by atoms with Gasteiger partial charge in [0.2, 0.25) is 10.0 Å². The third kappa shape index (κ3) is 3.33. The lowest BCUT2D eigenvalue weighted by Crippen LogP contribution is -2.37. The smallest absolute Gasteiger partial charge is 0.240 e. The third-order valence-corrected chi connectivity index (χ3v) is 4.82. The van der Waals surface area contributed by atoms with Crippen LogP contribution in [0.3, 0.4) is 0 Å². The lowest BCUT2D eigenvalue weighted by atomic mass is 10.1. The molecular weight excluding hydrogens is 264 g/mol. The van der Waals surface area contributed by atoms with Gasteiger partial charge < -0.3 is 10.1 Å². The molecule has 2 rings (SSSR count). The van der Waals surface area contributed by atoms with Crippen LogP contribution in [-0.2, 0) is 27.8 Å². The fraction of sp³-hybridized carbons (Fsp3) is 0.538. The maximum atomic E-state index is 12.3. The molecular formula is C13H20N2O3S. The van der Waals surface area contributed by atoms with Gasteiger partial charge in [-0.3, -0.25) is 0 Å². The average Bonchev–Trinajstić information content (AvgIpc) is 2.85. The lowest BCUT2D eigenvalue weighted by molar-refractivity contribution is 0.173. The minimum Gasteiger partial charge on any atom is -0.383 e. The Hall–Kier alpha value is -0.950. The maximum Gasteiger partial charge on any atom is 0.240 e. The van der Waals surface area contributed by atoms with E-state index in [1.807, 2.05) is 13.0 Å². The Morgan fingerprint density at radius 1 is 1.37 bits per heavy atom. The van der Waals surface area contributed by atoms with Crippen LogP contribution in [0.25, 0.3) is 0 Å². The molecule has 0 radical (unpaired) electrons. The Morgan fingerprint density at radius 2 is 2.11 bits per heavy atom. The average molecular weight is 284 g/mol. The standard InChI is InChI=1S/C13H20N2O3S/c1-3-12(9-18-2)15-19(16,17)13-5-4-10-7-14-8-11(10)6-13/h4-6,12,14-15H,3,7-9H2,1-2H3. The number of rotatable bonds is 6. The molecule has 106 valence electrons. The van der Waals surface area contributed by atoms with E-state index in [4.69, 9.17) is 4.74 Å². The van der Waals surface area contributed by atoms with Gasteiger partial charge in [0.15, 0.2) is 0 Å². The molecule has 1 aliphatic heterocycles. The van der Waals surface area contributed by atoms with Crippen molar-refractivity contribution in [2.75, 3.05) is 13.7 Å². The highest BCUT2D eigenvalue weighted by atomic mass is 32.2. The van der Waals surface area contributed by atoms with Crippen LogP contribution in [0.2, 0.25) is 0 Å². The van der Waals surface area contributed by atoms with E-state index in [2.05, 4.69) is 10.0 Å². The zero-order valence-electron chi connectivity index (χ0n) is 11.3. The normalized spacial score (nSPS) is 16.3. The van der Waals surface area contributed by atoms with E-state index < -0.39 is 10.0 Å². The first kappa shape index (κ1) is 14.5. The second-order valence-corrected chi connectivity index (χ2v) is 6.43. The summed E-state index contributed by atoms with van der Waals surface area (Å²) in [5.74, 6) is 0. The number of nitrogens with one attached hydrogen (secondary N) is 2. The van der Waals surface area contributed by atoms with Crippen LogP contribution in [0.1, 0.15) is 24.5 Å². The molecule has 2 N–H and O–H groups in total. The summed E-state index contributed by atoms with van der Waals surface area (Å²) in [4.78, 5) is 0.324. The molecule has 1 unspecified atom stereocenters. The van der Waals surface area contributed by atoms with Gasteiger partial charge in [0, 0.05) is 26.2 Å². The first-order valence-electron chi connectivity index (χ1n) is 6.40. The number of sulfonamides is 1. The van der Waals surface area contributed by atoms with Crippen molar-refractivity contribution >= 4 is 10.0 Å². The highest BCUT2D eigenvalue weighted by Crippen LogP contribution is 2.20. The SMILES string of the molecule is CCC(COC)NS(=O)(=O)c1ccc2c(c1)CNC2. The first-order valence-corrected chi connectivity index (χ1v) is 7.89. The van der Waals surface area contributed by atoms with E-state index in [1.54, 1.807) is 19.2 Å². The molecule has 0 aromatic heterocycles. The fourth-order valence-electron chi connectivity index (χ4n) is 2.16. The summed E-state index contributed by atoms with van der Waals surface area (Å²) in [5, 5.41) is 3.20. The molecule has 6 heteroatoms. The minimum absolute atomic E-state index is 0.193. The van der Waals surface area contributed by atoms with Gasteiger partial charge in [-0.15, -0.1) is 0 Å². The van der Waals surface area contributed by atoms with Crippen molar-refractivity contribution in [1.82, 2.24) is 10.0 Å². The largest absolute Gasteiger partial charge is 0.383 e. The monoisotopic (exact) mass is 284 g/mol. The summed E-state index contributed by atoms with van der Waals surface area (Å²) >= 11 is 0. The van der Waals surface area contributed by atoms with E-state index in [9.17, 15) is 8.42 Å². The molecule has 19 heavy (non-hydrogen) atoms. The van der Waals surface area contributed by atoms with Crippen molar-refractivity contribution in [3.05, 3.63) is 29.3 Å². The predicted molar refractivity (Wildman–Crippen MR) is 73.3 cm³/mol. The molecule has 0 saturated heterocycles. The first-order chi connectivity index (χ1) is 9.06. The highest BCUT2D eigenvalue weighted by molar-refractivity contribution is 7.89. The van der Waals surface area contributed by atoms with Crippen LogP contribution in [0.15, 0.2) is 23.1 Å². The predicted octanol–water partition coefficient (Wildman–Crippen LogP) is 0.993. The quantitative estimate of drug-likeness (QED) is 0.817. The number of benzene rings is 1. The molecule has 0 aliphatic carbocycles. The molecule has 1 aliphatic rings. The zero-order chi connectivity index (χ0) is 13.9. The summed E-state index contributed by atoms with van der Waals surface area (Å²) in [6, 6.07) is 5.09. The van der Waals surface area contributed by atoms with Gasteiger partial charge in [-0.05, 0) is 29.7 Å². The second kappa shape index (κ2) is 6.00. The van der Waals surface area contributed by atoms with Crippen LogP contribution in [0.4, 0.5) is 0 Å². The molecule has 0 bridgehead atoms. The molecule has 1 aromatic carbocycles. The van der Waals surface area contributed by atoms with Gasteiger partial charge in [-0.2, -0.15) is 0 Å².